The summed E-state index contributed by atoms with van der Waals surface area (Å²) in [5.74, 6) is -1.15. The summed E-state index contributed by atoms with van der Waals surface area (Å²) in [5.41, 5.74) is 0.168. The van der Waals surface area contributed by atoms with Crippen LogP contribution in [0.1, 0.15) is 59.4 Å². The lowest BCUT2D eigenvalue weighted by molar-refractivity contribution is -0.145. The Balaban J connectivity index is 2.63. The number of nitrogens with one attached hydrogen (secondary N) is 1. The number of esters is 1. The van der Waals surface area contributed by atoms with E-state index in [0.29, 0.717) is 6.61 Å². The molecule has 1 rings (SSSR count). The Bertz CT molecular complexity index is 775. The van der Waals surface area contributed by atoms with Crippen molar-refractivity contribution in [2.75, 3.05) is 19.9 Å². The molecule has 184 valence electrons. The van der Waals surface area contributed by atoms with Crippen LogP contribution in [-0.2, 0) is 35.2 Å². The molecule has 0 radical (unpaired) electrons. The molecule has 1 atom stereocenters. The van der Waals surface area contributed by atoms with Crippen molar-refractivity contribution in [1.29, 1.82) is 0 Å². The highest BCUT2D eigenvalue weighted by Crippen LogP contribution is 2.12. The SMILES string of the molecule is CCOCN(CCC(=O)C(CCC(=O)OCc1ccccc1)NC(C)=O)C(=O)OC(C)(C)C. The Morgan fingerprint density at radius 2 is 1.73 bits per heavy atom. The maximum absolute atomic E-state index is 12.8. The number of nitrogens with zero attached hydrogens (tertiary/aromatic N) is 1. The minimum absolute atomic E-state index is 0.0185. The Hall–Kier alpha value is -2.94. The number of ketones is 1. The van der Waals surface area contributed by atoms with Gasteiger partial charge in [0, 0.05) is 32.9 Å². The minimum atomic E-state index is -0.862. The second-order valence-corrected chi connectivity index (χ2v) is 8.52. The third-order valence-corrected chi connectivity index (χ3v) is 4.38. The van der Waals surface area contributed by atoms with Gasteiger partial charge < -0.3 is 19.5 Å². The first kappa shape index (κ1) is 28.1. The van der Waals surface area contributed by atoms with Crippen LogP contribution < -0.4 is 5.32 Å². The quantitative estimate of drug-likeness (QED) is 0.352. The van der Waals surface area contributed by atoms with Gasteiger partial charge >= 0.3 is 12.1 Å². The lowest BCUT2D eigenvalue weighted by Gasteiger charge is -2.27. The second kappa shape index (κ2) is 14.3. The average molecular weight is 465 g/mol. The smallest absolute Gasteiger partial charge is 0.412 e. The molecule has 0 aliphatic carbocycles. The molecule has 0 aliphatic heterocycles. The summed E-state index contributed by atoms with van der Waals surface area (Å²) < 4.78 is 15.9. The van der Waals surface area contributed by atoms with Gasteiger partial charge in [-0.15, -0.1) is 0 Å². The molecule has 0 heterocycles. The summed E-state index contributed by atoms with van der Waals surface area (Å²) in [5, 5.41) is 2.58. The number of benzene rings is 1. The summed E-state index contributed by atoms with van der Waals surface area (Å²) in [6, 6.07) is 8.39. The highest BCUT2D eigenvalue weighted by Gasteiger charge is 2.25. The number of hydrogen-bond donors (Lipinski definition) is 1. The number of carbonyl (C=O) groups excluding carboxylic acids is 4. The zero-order valence-electron chi connectivity index (χ0n) is 20.2. The van der Waals surface area contributed by atoms with E-state index in [1.54, 1.807) is 27.7 Å². The van der Waals surface area contributed by atoms with Gasteiger partial charge in [0.25, 0.3) is 0 Å². The first-order chi connectivity index (χ1) is 15.5. The molecule has 0 aromatic heterocycles. The summed E-state index contributed by atoms with van der Waals surface area (Å²) in [6.07, 6.45) is -0.553. The van der Waals surface area contributed by atoms with Gasteiger partial charge in [0.05, 0.1) is 6.04 Å². The maximum Gasteiger partial charge on any atom is 0.412 e. The van der Waals surface area contributed by atoms with E-state index < -0.39 is 23.7 Å². The monoisotopic (exact) mass is 464 g/mol. The van der Waals surface area contributed by atoms with Crippen molar-refractivity contribution in [3.05, 3.63) is 35.9 Å². The van der Waals surface area contributed by atoms with Crippen LogP contribution in [0.2, 0.25) is 0 Å². The van der Waals surface area contributed by atoms with Gasteiger partial charge in [-0.2, -0.15) is 0 Å². The van der Waals surface area contributed by atoms with Gasteiger partial charge in [0.15, 0.2) is 5.78 Å². The van der Waals surface area contributed by atoms with Crippen molar-refractivity contribution < 1.29 is 33.4 Å². The summed E-state index contributed by atoms with van der Waals surface area (Å²) in [6.45, 7) is 8.92. The van der Waals surface area contributed by atoms with Crippen LogP contribution in [0.5, 0.6) is 0 Å². The van der Waals surface area contributed by atoms with E-state index in [9.17, 15) is 19.2 Å². The molecule has 1 N–H and O–H groups in total. The van der Waals surface area contributed by atoms with Crippen LogP contribution in [0.3, 0.4) is 0 Å². The fraction of sp³-hybridized carbons (Fsp3) is 0.583. The summed E-state index contributed by atoms with van der Waals surface area (Å²) >= 11 is 0. The van der Waals surface area contributed by atoms with E-state index in [0.717, 1.165) is 5.56 Å². The molecule has 0 saturated carbocycles. The second-order valence-electron chi connectivity index (χ2n) is 8.52. The number of carbonyl (C=O) groups is 4. The van der Waals surface area contributed by atoms with Crippen LogP contribution in [0, 0.1) is 0 Å². The molecule has 1 aromatic rings. The highest BCUT2D eigenvalue weighted by atomic mass is 16.6. The van der Waals surface area contributed by atoms with E-state index in [1.165, 1.54) is 11.8 Å². The minimum Gasteiger partial charge on any atom is -0.461 e. The van der Waals surface area contributed by atoms with Crippen molar-refractivity contribution in [2.45, 2.75) is 72.1 Å². The molecule has 9 nitrogen and oxygen atoms in total. The van der Waals surface area contributed by atoms with Gasteiger partial charge in [-0.25, -0.2) is 4.79 Å². The van der Waals surface area contributed by atoms with Gasteiger partial charge in [-0.05, 0) is 39.7 Å². The van der Waals surface area contributed by atoms with Crippen molar-refractivity contribution in [3.63, 3.8) is 0 Å². The van der Waals surface area contributed by atoms with E-state index >= 15 is 0 Å². The lowest BCUT2D eigenvalue weighted by Crippen LogP contribution is -2.43. The molecule has 0 spiro atoms. The molecular weight excluding hydrogens is 428 g/mol. The van der Waals surface area contributed by atoms with Gasteiger partial charge in [-0.1, -0.05) is 30.3 Å². The number of ether oxygens (including phenoxy) is 3. The van der Waals surface area contributed by atoms with Crippen molar-refractivity contribution in [3.8, 4) is 0 Å². The fourth-order valence-electron chi connectivity index (χ4n) is 2.79. The standard InChI is InChI=1S/C24H36N2O7/c1-6-31-17-26(23(30)33-24(3,4)5)15-14-21(28)20(25-18(2)27)12-13-22(29)32-16-19-10-8-7-9-11-19/h7-11,20H,6,12-17H2,1-5H3,(H,25,27). The van der Waals surface area contributed by atoms with E-state index in [2.05, 4.69) is 5.32 Å². The Morgan fingerprint density at radius 3 is 2.30 bits per heavy atom. The van der Waals surface area contributed by atoms with Gasteiger partial charge in [0.1, 0.15) is 18.9 Å². The molecule has 0 fully saturated rings. The van der Waals surface area contributed by atoms with Crippen LogP contribution in [0.15, 0.2) is 30.3 Å². The van der Waals surface area contributed by atoms with Crippen LogP contribution in [0.25, 0.3) is 0 Å². The average Bonchev–Trinajstić information content (AvgIpc) is 2.74. The molecular formula is C24H36N2O7. The maximum atomic E-state index is 12.8. The molecule has 0 saturated heterocycles. The third kappa shape index (κ3) is 12.6. The highest BCUT2D eigenvalue weighted by molar-refractivity contribution is 5.89. The zero-order valence-corrected chi connectivity index (χ0v) is 20.2. The van der Waals surface area contributed by atoms with Crippen LogP contribution in [-0.4, -0.2) is 60.2 Å². The summed E-state index contributed by atoms with van der Waals surface area (Å²) in [4.78, 5) is 50.2. The zero-order chi connectivity index (χ0) is 24.9. The van der Waals surface area contributed by atoms with Crippen molar-refractivity contribution in [2.24, 2.45) is 0 Å². The number of rotatable bonds is 13. The molecule has 33 heavy (non-hydrogen) atoms. The molecule has 0 bridgehead atoms. The first-order valence-corrected chi connectivity index (χ1v) is 11.1. The summed E-state index contributed by atoms with van der Waals surface area (Å²) in [7, 11) is 0. The predicted octanol–water partition coefficient (Wildman–Crippen LogP) is 3.21. The number of amides is 2. The van der Waals surface area contributed by atoms with E-state index in [-0.39, 0.29) is 50.8 Å². The number of hydrogen-bond acceptors (Lipinski definition) is 7. The van der Waals surface area contributed by atoms with Gasteiger partial charge in [0.2, 0.25) is 5.91 Å². The van der Waals surface area contributed by atoms with Crippen molar-refractivity contribution >= 4 is 23.8 Å². The largest absolute Gasteiger partial charge is 0.461 e. The third-order valence-electron chi connectivity index (χ3n) is 4.38. The van der Waals surface area contributed by atoms with Crippen LogP contribution in [0.4, 0.5) is 4.79 Å². The molecule has 1 aromatic carbocycles. The predicted molar refractivity (Wildman–Crippen MR) is 122 cm³/mol. The molecule has 1 unspecified atom stereocenters. The Morgan fingerprint density at radius 1 is 1.06 bits per heavy atom. The molecule has 0 aliphatic rings. The molecule has 9 heteroatoms. The Labute approximate surface area is 195 Å². The van der Waals surface area contributed by atoms with Crippen LogP contribution >= 0.6 is 0 Å². The lowest BCUT2D eigenvalue weighted by atomic mass is 10.0. The first-order valence-electron chi connectivity index (χ1n) is 11.1. The van der Waals surface area contributed by atoms with Crippen molar-refractivity contribution in [1.82, 2.24) is 10.2 Å². The van der Waals surface area contributed by atoms with E-state index in [4.69, 9.17) is 14.2 Å². The fourth-order valence-corrected chi connectivity index (χ4v) is 2.79. The van der Waals surface area contributed by atoms with E-state index in [1.807, 2.05) is 30.3 Å². The Kier molecular flexibility index (Phi) is 12.1. The topological polar surface area (TPSA) is 111 Å². The van der Waals surface area contributed by atoms with Gasteiger partial charge in [-0.3, -0.25) is 19.3 Å². The normalized spacial score (nSPS) is 11.9. The molecule has 2 amide bonds. The number of Topliss-reactive ketones (excluding diaryl/α,β-unsaturated/α-hetero) is 1.